The van der Waals surface area contributed by atoms with Crippen molar-refractivity contribution in [2.24, 2.45) is 0 Å². The van der Waals surface area contributed by atoms with Crippen LogP contribution >= 0.6 is 0 Å². The predicted molar refractivity (Wildman–Crippen MR) is 123 cm³/mol. The topological polar surface area (TPSA) is 35.5 Å². The molecule has 0 aliphatic carbocycles. The molecule has 0 bridgehead atoms. The van der Waals surface area contributed by atoms with Gasteiger partial charge in [0.2, 0.25) is 0 Å². The van der Waals surface area contributed by atoms with E-state index >= 15 is 0 Å². The maximum Gasteiger partial charge on any atom is 0.185 e. The molecule has 152 valence electrons. The van der Waals surface area contributed by atoms with Gasteiger partial charge in [0.25, 0.3) is 0 Å². The number of hydrogen-bond acceptors (Lipinski definition) is 3. The van der Waals surface area contributed by atoms with Crippen LogP contribution in [-0.2, 0) is 11.3 Å². The molecule has 3 aromatic rings. The molecule has 30 heavy (non-hydrogen) atoms. The van der Waals surface area contributed by atoms with Gasteiger partial charge in [-0.2, -0.15) is 0 Å². The second kappa shape index (κ2) is 10.9. The molecular weight excluding hydrogens is 372 g/mol. The largest absolute Gasteiger partial charge is 0.491 e. The number of rotatable bonds is 10. The fourth-order valence-corrected chi connectivity index (χ4v) is 2.84. The van der Waals surface area contributed by atoms with Gasteiger partial charge in [-0.25, -0.2) is 0 Å². The fraction of sp³-hybridized carbons (Fsp3) is 0.148. The lowest BCUT2D eigenvalue weighted by molar-refractivity contribution is 0.0889. The summed E-state index contributed by atoms with van der Waals surface area (Å²) in [6, 6.07) is 25.1. The molecule has 0 saturated heterocycles. The number of carbonyl (C=O) groups excluding carboxylic acids is 1. The van der Waals surface area contributed by atoms with E-state index in [0.29, 0.717) is 25.4 Å². The number of benzene rings is 3. The molecule has 0 atom stereocenters. The SMILES string of the molecule is C=C(C)c1ccc(COCCOc2ccc(C=CC(=O)c3ccccc3)cc2)cc1. The normalized spacial score (nSPS) is 10.8. The number of ketones is 1. The molecule has 0 radical (unpaired) electrons. The lowest BCUT2D eigenvalue weighted by Crippen LogP contribution is -2.06. The third-order valence-corrected chi connectivity index (χ3v) is 4.58. The average molecular weight is 399 g/mol. The summed E-state index contributed by atoms with van der Waals surface area (Å²) in [6.07, 6.45) is 3.39. The Morgan fingerprint density at radius 2 is 1.57 bits per heavy atom. The number of hydrogen-bond donors (Lipinski definition) is 0. The summed E-state index contributed by atoms with van der Waals surface area (Å²) in [6.45, 7) is 7.48. The Hall–Kier alpha value is -3.43. The molecule has 0 aromatic heterocycles. The Kier molecular flexibility index (Phi) is 7.76. The van der Waals surface area contributed by atoms with Crippen molar-refractivity contribution in [1.82, 2.24) is 0 Å². The van der Waals surface area contributed by atoms with Crippen LogP contribution in [0.2, 0.25) is 0 Å². The number of ether oxygens (including phenoxy) is 2. The molecule has 3 heteroatoms. The van der Waals surface area contributed by atoms with E-state index in [1.807, 2.05) is 61.5 Å². The van der Waals surface area contributed by atoms with Gasteiger partial charge in [0.05, 0.1) is 13.2 Å². The molecule has 0 saturated carbocycles. The van der Waals surface area contributed by atoms with Gasteiger partial charge in [-0.3, -0.25) is 4.79 Å². The van der Waals surface area contributed by atoms with E-state index in [1.165, 1.54) is 0 Å². The van der Waals surface area contributed by atoms with Crippen LogP contribution in [0.25, 0.3) is 11.6 Å². The van der Waals surface area contributed by atoms with Crippen LogP contribution in [0.1, 0.15) is 34.0 Å². The van der Waals surface area contributed by atoms with E-state index in [0.717, 1.165) is 28.0 Å². The first-order chi connectivity index (χ1) is 14.6. The molecule has 0 aliphatic rings. The lowest BCUT2D eigenvalue weighted by Gasteiger charge is -2.08. The van der Waals surface area contributed by atoms with Gasteiger partial charge in [-0.15, -0.1) is 0 Å². The van der Waals surface area contributed by atoms with Crippen molar-refractivity contribution < 1.29 is 14.3 Å². The first-order valence-electron chi connectivity index (χ1n) is 9.95. The van der Waals surface area contributed by atoms with E-state index in [-0.39, 0.29) is 5.78 Å². The van der Waals surface area contributed by atoms with Crippen LogP contribution in [0.15, 0.2) is 91.5 Å². The predicted octanol–water partition coefficient (Wildman–Crippen LogP) is 6.21. The van der Waals surface area contributed by atoms with Crippen LogP contribution in [0.3, 0.4) is 0 Å². The molecule has 0 N–H and O–H groups in total. The van der Waals surface area contributed by atoms with Crippen molar-refractivity contribution in [2.45, 2.75) is 13.5 Å². The zero-order valence-electron chi connectivity index (χ0n) is 17.2. The molecule has 0 aliphatic heterocycles. The van der Waals surface area contributed by atoms with E-state index in [2.05, 4.69) is 30.8 Å². The molecule has 0 unspecified atom stereocenters. The molecule has 3 rings (SSSR count). The van der Waals surface area contributed by atoms with E-state index < -0.39 is 0 Å². The summed E-state index contributed by atoms with van der Waals surface area (Å²) in [4.78, 5) is 12.1. The summed E-state index contributed by atoms with van der Waals surface area (Å²) in [5.41, 5.74) is 4.95. The van der Waals surface area contributed by atoms with Gasteiger partial charge < -0.3 is 9.47 Å². The molecule has 0 fully saturated rings. The molecule has 3 nitrogen and oxygen atoms in total. The quantitative estimate of drug-likeness (QED) is 0.231. The summed E-state index contributed by atoms with van der Waals surface area (Å²) in [7, 11) is 0. The minimum Gasteiger partial charge on any atom is -0.491 e. The van der Waals surface area contributed by atoms with Gasteiger partial charge in [0.1, 0.15) is 12.4 Å². The molecule has 0 heterocycles. The minimum atomic E-state index is -0.0117. The van der Waals surface area contributed by atoms with Crippen molar-refractivity contribution in [1.29, 1.82) is 0 Å². The van der Waals surface area contributed by atoms with Crippen LogP contribution in [0, 0.1) is 0 Å². The zero-order chi connectivity index (χ0) is 21.2. The van der Waals surface area contributed by atoms with Crippen molar-refractivity contribution in [3.8, 4) is 5.75 Å². The maximum absolute atomic E-state index is 12.1. The van der Waals surface area contributed by atoms with Crippen molar-refractivity contribution in [2.75, 3.05) is 13.2 Å². The Morgan fingerprint density at radius 1 is 0.867 bits per heavy atom. The van der Waals surface area contributed by atoms with Crippen molar-refractivity contribution >= 4 is 17.4 Å². The van der Waals surface area contributed by atoms with Crippen LogP contribution in [-0.4, -0.2) is 19.0 Å². The maximum atomic E-state index is 12.1. The van der Waals surface area contributed by atoms with Crippen molar-refractivity contribution in [3.63, 3.8) is 0 Å². The summed E-state index contributed by atoms with van der Waals surface area (Å²) in [5, 5.41) is 0. The highest BCUT2D eigenvalue weighted by molar-refractivity contribution is 6.06. The van der Waals surface area contributed by atoms with Gasteiger partial charge in [-0.05, 0) is 41.8 Å². The monoisotopic (exact) mass is 398 g/mol. The van der Waals surface area contributed by atoms with E-state index in [1.54, 1.807) is 12.2 Å². The van der Waals surface area contributed by atoms with E-state index in [4.69, 9.17) is 9.47 Å². The zero-order valence-corrected chi connectivity index (χ0v) is 17.2. The van der Waals surface area contributed by atoms with Gasteiger partial charge >= 0.3 is 0 Å². The smallest absolute Gasteiger partial charge is 0.185 e. The number of carbonyl (C=O) groups is 1. The Labute approximate surface area is 178 Å². The minimum absolute atomic E-state index is 0.0117. The van der Waals surface area contributed by atoms with Crippen molar-refractivity contribution in [3.05, 3.63) is 114 Å². The van der Waals surface area contributed by atoms with Gasteiger partial charge in [0.15, 0.2) is 5.78 Å². The fourth-order valence-electron chi connectivity index (χ4n) is 2.84. The second-order valence-electron chi connectivity index (χ2n) is 7.01. The second-order valence-corrected chi connectivity index (χ2v) is 7.01. The molecular formula is C27H26O3. The van der Waals surface area contributed by atoms with Gasteiger partial charge in [0, 0.05) is 5.56 Å². The Bertz CT molecular complexity index is 985. The van der Waals surface area contributed by atoms with Gasteiger partial charge in [-0.1, -0.05) is 85.0 Å². The highest BCUT2D eigenvalue weighted by Gasteiger charge is 2.00. The lowest BCUT2D eigenvalue weighted by atomic mass is 10.1. The highest BCUT2D eigenvalue weighted by Crippen LogP contribution is 2.15. The Morgan fingerprint density at radius 3 is 2.23 bits per heavy atom. The van der Waals surface area contributed by atoms with Crippen LogP contribution in [0.5, 0.6) is 5.75 Å². The number of allylic oxidation sites excluding steroid dienone is 2. The third-order valence-electron chi connectivity index (χ3n) is 4.58. The summed E-state index contributed by atoms with van der Waals surface area (Å²) in [5.74, 6) is 0.762. The van der Waals surface area contributed by atoms with E-state index in [9.17, 15) is 4.79 Å². The van der Waals surface area contributed by atoms with Crippen LogP contribution in [0.4, 0.5) is 0 Å². The average Bonchev–Trinajstić information content (AvgIpc) is 2.79. The molecule has 0 amide bonds. The Balaban J connectivity index is 1.39. The summed E-state index contributed by atoms with van der Waals surface area (Å²) >= 11 is 0. The third kappa shape index (κ3) is 6.57. The highest BCUT2D eigenvalue weighted by atomic mass is 16.5. The first kappa shape index (κ1) is 21.3. The standard InChI is InChI=1S/C27H26O3/c1-21(2)24-13-8-23(9-14-24)20-29-18-19-30-26-15-10-22(11-16-26)12-17-27(28)25-6-4-3-5-7-25/h3-17H,1,18-20H2,2H3. The molecule has 0 spiro atoms. The van der Waals surface area contributed by atoms with Crippen LogP contribution < -0.4 is 4.74 Å². The first-order valence-corrected chi connectivity index (χ1v) is 9.95. The molecule has 3 aromatic carbocycles. The summed E-state index contributed by atoms with van der Waals surface area (Å²) < 4.78 is 11.4.